The van der Waals surface area contributed by atoms with Crippen molar-refractivity contribution in [1.29, 1.82) is 0 Å². The third-order valence-corrected chi connectivity index (χ3v) is 5.05. The normalized spacial score (nSPS) is 10.6. The largest absolute Gasteiger partial charge is 0.493 e. The number of halogens is 1. The molecule has 0 spiro atoms. The summed E-state index contributed by atoms with van der Waals surface area (Å²) in [6.07, 6.45) is 1.46. The number of methoxy groups -OCH3 is 1. The van der Waals surface area contributed by atoms with Gasteiger partial charge in [0.1, 0.15) is 12.4 Å². The Morgan fingerprint density at radius 1 is 0.943 bits per heavy atom. The number of hydrogen-bond acceptors (Lipinski definition) is 6. The number of benzene rings is 3. The summed E-state index contributed by atoms with van der Waals surface area (Å²) in [5.41, 5.74) is 4.95. The summed E-state index contributed by atoms with van der Waals surface area (Å²) >= 11 is 5.90. The number of aryl methyl sites for hydroxylation is 1. The number of nitrogens with zero attached hydrogens (tertiary/aromatic N) is 1. The van der Waals surface area contributed by atoms with Crippen molar-refractivity contribution in [2.24, 2.45) is 5.10 Å². The Morgan fingerprint density at radius 2 is 1.71 bits per heavy atom. The van der Waals surface area contributed by atoms with Gasteiger partial charge in [-0.2, -0.15) is 5.10 Å². The molecule has 0 aliphatic heterocycles. The number of amides is 2. The van der Waals surface area contributed by atoms with Crippen LogP contribution < -0.4 is 25.0 Å². The van der Waals surface area contributed by atoms with E-state index in [9.17, 15) is 9.59 Å². The lowest BCUT2D eigenvalue weighted by molar-refractivity contribution is -0.127. The van der Waals surface area contributed by atoms with E-state index in [-0.39, 0.29) is 13.2 Å². The molecule has 0 aliphatic rings. The molecule has 0 aliphatic carbocycles. The highest BCUT2D eigenvalue weighted by molar-refractivity contribution is 6.30. The molecule has 2 amide bonds. The maximum Gasteiger partial charge on any atom is 0.259 e. The first-order chi connectivity index (χ1) is 16.9. The van der Waals surface area contributed by atoms with Gasteiger partial charge in [-0.1, -0.05) is 41.9 Å². The van der Waals surface area contributed by atoms with Gasteiger partial charge in [0.05, 0.1) is 19.9 Å². The molecule has 0 saturated carbocycles. The molecule has 2 N–H and O–H groups in total. The summed E-state index contributed by atoms with van der Waals surface area (Å²) < 4.78 is 16.7. The van der Waals surface area contributed by atoms with E-state index in [0.717, 1.165) is 11.1 Å². The van der Waals surface area contributed by atoms with E-state index < -0.39 is 11.8 Å². The number of hydrogen-bond donors (Lipinski definition) is 2. The Labute approximate surface area is 208 Å². The molecule has 0 unspecified atom stereocenters. The Bertz CT molecular complexity index is 1180. The van der Waals surface area contributed by atoms with Gasteiger partial charge in [0.15, 0.2) is 18.1 Å². The van der Waals surface area contributed by atoms with E-state index in [1.807, 2.05) is 37.3 Å². The van der Waals surface area contributed by atoms with Crippen LogP contribution in [-0.4, -0.2) is 38.3 Å². The molecule has 0 saturated heterocycles. The second kappa shape index (κ2) is 13.0. The highest BCUT2D eigenvalue weighted by atomic mass is 35.5. The van der Waals surface area contributed by atoms with Gasteiger partial charge >= 0.3 is 0 Å². The first kappa shape index (κ1) is 25.6. The molecular formula is C26H26ClN3O5. The van der Waals surface area contributed by atoms with Crippen LogP contribution in [0.15, 0.2) is 71.8 Å². The molecule has 0 heterocycles. The SMILES string of the molecule is COc1cc(C=NNC(=O)CNC(=O)COc2ccccc2C)ccc1OCc1ccc(Cl)cc1. The molecule has 0 aromatic heterocycles. The predicted octanol–water partition coefficient (Wildman–Crippen LogP) is 3.88. The Kier molecular flexibility index (Phi) is 9.50. The zero-order valence-corrected chi connectivity index (χ0v) is 20.2. The summed E-state index contributed by atoms with van der Waals surface area (Å²) in [4.78, 5) is 23.9. The Balaban J connectivity index is 1.43. The van der Waals surface area contributed by atoms with Gasteiger partial charge in [-0.05, 0) is 60.0 Å². The van der Waals surface area contributed by atoms with E-state index in [0.29, 0.717) is 34.4 Å². The average Bonchev–Trinajstić information content (AvgIpc) is 2.87. The van der Waals surface area contributed by atoms with E-state index in [1.165, 1.54) is 6.21 Å². The molecule has 3 aromatic carbocycles. The lowest BCUT2D eigenvalue weighted by Crippen LogP contribution is -2.37. The molecule has 3 aromatic rings. The molecule has 0 bridgehead atoms. The number of ether oxygens (including phenoxy) is 3. The van der Waals surface area contributed by atoms with Gasteiger partial charge < -0.3 is 19.5 Å². The molecule has 8 nitrogen and oxygen atoms in total. The second-order valence-electron chi connectivity index (χ2n) is 7.45. The number of carbonyl (C=O) groups is 2. The number of rotatable bonds is 11. The second-order valence-corrected chi connectivity index (χ2v) is 7.89. The van der Waals surface area contributed by atoms with Crippen molar-refractivity contribution >= 4 is 29.6 Å². The highest BCUT2D eigenvalue weighted by Gasteiger charge is 2.08. The number of para-hydroxylation sites is 1. The van der Waals surface area contributed by atoms with Gasteiger partial charge in [0, 0.05) is 5.02 Å². The third kappa shape index (κ3) is 8.35. The summed E-state index contributed by atoms with van der Waals surface area (Å²) in [5, 5.41) is 7.06. The Hall–Kier alpha value is -4.04. The number of nitrogens with one attached hydrogen (secondary N) is 2. The Morgan fingerprint density at radius 3 is 2.46 bits per heavy atom. The molecule has 0 atom stereocenters. The van der Waals surface area contributed by atoms with Crippen LogP contribution in [-0.2, 0) is 16.2 Å². The van der Waals surface area contributed by atoms with Gasteiger partial charge in [-0.3, -0.25) is 9.59 Å². The molecule has 9 heteroatoms. The maximum absolute atomic E-state index is 12.0. The molecule has 182 valence electrons. The first-order valence-electron chi connectivity index (χ1n) is 10.8. The quantitative estimate of drug-likeness (QED) is 0.311. The monoisotopic (exact) mass is 495 g/mol. The van der Waals surface area contributed by atoms with Gasteiger partial charge in [-0.15, -0.1) is 0 Å². The van der Waals surface area contributed by atoms with E-state index in [4.69, 9.17) is 25.8 Å². The zero-order valence-electron chi connectivity index (χ0n) is 19.4. The van der Waals surface area contributed by atoms with Gasteiger partial charge in [0.25, 0.3) is 11.8 Å². The number of carbonyl (C=O) groups excluding carboxylic acids is 2. The predicted molar refractivity (Wildman–Crippen MR) is 134 cm³/mol. The average molecular weight is 496 g/mol. The molecule has 3 rings (SSSR count). The van der Waals surface area contributed by atoms with Crippen molar-refractivity contribution in [2.45, 2.75) is 13.5 Å². The lowest BCUT2D eigenvalue weighted by atomic mass is 10.2. The van der Waals surface area contributed by atoms with E-state index in [1.54, 1.807) is 43.5 Å². The maximum atomic E-state index is 12.0. The minimum absolute atomic E-state index is 0.187. The highest BCUT2D eigenvalue weighted by Crippen LogP contribution is 2.28. The van der Waals surface area contributed by atoms with Crippen molar-refractivity contribution in [3.05, 3.63) is 88.4 Å². The first-order valence-corrected chi connectivity index (χ1v) is 11.1. The van der Waals surface area contributed by atoms with Crippen LogP contribution in [0.25, 0.3) is 0 Å². The van der Waals surface area contributed by atoms with Gasteiger partial charge in [0.2, 0.25) is 0 Å². The summed E-state index contributed by atoms with van der Waals surface area (Å²) in [6, 6.07) is 20.0. The number of hydrazone groups is 1. The molecular weight excluding hydrogens is 470 g/mol. The summed E-state index contributed by atoms with van der Waals surface area (Å²) in [5.74, 6) is 0.828. The van der Waals surface area contributed by atoms with Crippen molar-refractivity contribution in [3.63, 3.8) is 0 Å². The van der Waals surface area contributed by atoms with E-state index in [2.05, 4.69) is 15.8 Å². The zero-order chi connectivity index (χ0) is 25.0. The molecule has 0 fully saturated rings. The standard InChI is InChI=1S/C26H26ClN3O5/c1-18-5-3-4-6-22(18)35-17-26(32)28-15-25(31)30-29-14-20-9-12-23(24(13-20)33-2)34-16-19-7-10-21(27)11-8-19/h3-14H,15-17H2,1-2H3,(H,28,32)(H,30,31). The van der Waals surface area contributed by atoms with Crippen LogP contribution in [0, 0.1) is 6.92 Å². The summed E-state index contributed by atoms with van der Waals surface area (Å²) in [6.45, 7) is 1.83. The fraction of sp³-hybridized carbons (Fsp3) is 0.192. The fourth-order valence-corrected chi connectivity index (χ4v) is 3.06. The van der Waals surface area contributed by atoms with Crippen LogP contribution in [0.4, 0.5) is 0 Å². The smallest absolute Gasteiger partial charge is 0.259 e. The van der Waals surface area contributed by atoms with Crippen molar-refractivity contribution in [2.75, 3.05) is 20.3 Å². The van der Waals surface area contributed by atoms with Crippen LogP contribution in [0.2, 0.25) is 5.02 Å². The molecule has 35 heavy (non-hydrogen) atoms. The van der Waals surface area contributed by atoms with Crippen molar-refractivity contribution in [1.82, 2.24) is 10.7 Å². The van der Waals surface area contributed by atoms with Crippen LogP contribution in [0.3, 0.4) is 0 Å². The topological polar surface area (TPSA) is 98.2 Å². The van der Waals surface area contributed by atoms with Gasteiger partial charge in [-0.25, -0.2) is 5.43 Å². The fourth-order valence-electron chi connectivity index (χ4n) is 2.94. The van der Waals surface area contributed by atoms with Crippen molar-refractivity contribution in [3.8, 4) is 17.2 Å². The lowest BCUT2D eigenvalue weighted by Gasteiger charge is -2.11. The summed E-state index contributed by atoms with van der Waals surface area (Å²) in [7, 11) is 1.54. The third-order valence-electron chi connectivity index (χ3n) is 4.80. The van der Waals surface area contributed by atoms with Crippen LogP contribution >= 0.6 is 11.6 Å². The van der Waals surface area contributed by atoms with Crippen LogP contribution in [0.5, 0.6) is 17.2 Å². The van der Waals surface area contributed by atoms with Crippen molar-refractivity contribution < 1.29 is 23.8 Å². The van der Waals surface area contributed by atoms with E-state index >= 15 is 0 Å². The van der Waals surface area contributed by atoms with Crippen LogP contribution in [0.1, 0.15) is 16.7 Å². The molecule has 0 radical (unpaired) electrons. The minimum Gasteiger partial charge on any atom is -0.493 e. The minimum atomic E-state index is -0.472.